The molecular formula is C25H35N3O2. The number of nitrogens with zero attached hydrogens (tertiary/aromatic N) is 1. The maximum absolute atomic E-state index is 12.7. The van der Waals surface area contributed by atoms with Crippen molar-refractivity contribution in [3.05, 3.63) is 53.9 Å². The highest BCUT2D eigenvalue weighted by Gasteiger charge is 2.43. The Kier molecular flexibility index (Phi) is 6.47. The number of para-hydroxylation sites is 1. The minimum absolute atomic E-state index is 0.132. The summed E-state index contributed by atoms with van der Waals surface area (Å²) in [4.78, 5) is 17.8. The molecule has 2 aliphatic rings. The molecule has 1 atom stereocenters. The maximum atomic E-state index is 12.7. The fourth-order valence-electron chi connectivity index (χ4n) is 5.11. The van der Waals surface area contributed by atoms with Gasteiger partial charge in [-0.05, 0) is 79.8 Å². The molecule has 0 aliphatic carbocycles. The molecule has 1 unspecified atom stereocenters. The SMILES string of the molecule is CC(C)COc1ccccc1CC1CNCCC12CCN(C(=O)c1ccc[nH]1)CC2. The molecule has 5 heteroatoms. The van der Waals surface area contributed by atoms with Gasteiger partial charge in [0, 0.05) is 19.3 Å². The lowest BCUT2D eigenvalue weighted by Crippen LogP contribution is -2.52. The van der Waals surface area contributed by atoms with Crippen molar-refractivity contribution in [1.29, 1.82) is 0 Å². The molecule has 2 aliphatic heterocycles. The number of carbonyl (C=O) groups excluding carboxylic acids is 1. The lowest BCUT2D eigenvalue weighted by molar-refractivity contribution is 0.0202. The van der Waals surface area contributed by atoms with Gasteiger partial charge in [-0.2, -0.15) is 0 Å². The number of piperidine rings is 2. The third-order valence-corrected chi connectivity index (χ3v) is 6.94. The molecule has 0 bridgehead atoms. The monoisotopic (exact) mass is 409 g/mol. The molecule has 4 rings (SSSR count). The number of H-pyrrole nitrogens is 1. The van der Waals surface area contributed by atoms with E-state index in [1.807, 2.05) is 23.2 Å². The van der Waals surface area contributed by atoms with Gasteiger partial charge in [0.15, 0.2) is 0 Å². The van der Waals surface area contributed by atoms with Crippen LogP contribution in [0.5, 0.6) is 5.75 Å². The Morgan fingerprint density at radius 2 is 1.97 bits per heavy atom. The van der Waals surface area contributed by atoms with Gasteiger partial charge in [0.2, 0.25) is 0 Å². The van der Waals surface area contributed by atoms with Crippen LogP contribution >= 0.6 is 0 Å². The van der Waals surface area contributed by atoms with Gasteiger partial charge in [0.25, 0.3) is 5.91 Å². The van der Waals surface area contributed by atoms with Crippen molar-refractivity contribution >= 4 is 5.91 Å². The topological polar surface area (TPSA) is 57.4 Å². The van der Waals surface area contributed by atoms with Crippen molar-refractivity contribution < 1.29 is 9.53 Å². The first-order chi connectivity index (χ1) is 14.6. The average Bonchev–Trinajstić information content (AvgIpc) is 3.30. The second-order valence-corrected chi connectivity index (χ2v) is 9.41. The molecule has 2 saturated heterocycles. The van der Waals surface area contributed by atoms with Crippen LogP contribution in [-0.4, -0.2) is 48.6 Å². The van der Waals surface area contributed by atoms with Gasteiger partial charge in [-0.1, -0.05) is 32.0 Å². The maximum Gasteiger partial charge on any atom is 0.270 e. The van der Waals surface area contributed by atoms with Crippen molar-refractivity contribution in [2.24, 2.45) is 17.3 Å². The van der Waals surface area contributed by atoms with E-state index in [1.54, 1.807) is 0 Å². The number of benzene rings is 1. The Labute approximate surface area is 180 Å². The van der Waals surface area contributed by atoms with E-state index in [1.165, 1.54) is 12.0 Å². The van der Waals surface area contributed by atoms with E-state index in [2.05, 4.69) is 48.4 Å². The Bertz CT molecular complexity index is 823. The van der Waals surface area contributed by atoms with Crippen LogP contribution in [0.2, 0.25) is 0 Å². The number of ether oxygens (including phenoxy) is 1. The lowest BCUT2D eigenvalue weighted by atomic mass is 9.63. The number of nitrogens with one attached hydrogen (secondary N) is 2. The van der Waals surface area contributed by atoms with Crippen molar-refractivity contribution in [3.8, 4) is 5.75 Å². The summed E-state index contributed by atoms with van der Waals surface area (Å²) in [7, 11) is 0. The normalized spacial score (nSPS) is 21.2. The van der Waals surface area contributed by atoms with Crippen LogP contribution in [0.15, 0.2) is 42.6 Å². The highest BCUT2D eigenvalue weighted by Crippen LogP contribution is 2.45. The zero-order valence-electron chi connectivity index (χ0n) is 18.3. The van der Waals surface area contributed by atoms with Crippen LogP contribution in [0.4, 0.5) is 0 Å². The van der Waals surface area contributed by atoms with Gasteiger partial charge in [0.1, 0.15) is 11.4 Å². The summed E-state index contributed by atoms with van der Waals surface area (Å²) in [5.74, 6) is 2.25. The van der Waals surface area contributed by atoms with Gasteiger partial charge in [-0.25, -0.2) is 0 Å². The third-order valence-electron chi connectivity index (χ3n) is 6.94. The Morgan fingerprint density at radius 3 is 2.70 bits per heavy atom. The number of hydrogen-bond donors (Lipinski definition) is 2. The smallest absolute Gasteiger partial charge is 0.270 e. The molecule has 2 fully saturated rings. The summed E-state index contributed by atoms with van der Waals surface area (Å²) < 4.78 is 6.13. The third kappa shape index (κ3) is 4.56. The minimum Gasteiger partial charge on any atom is -0.493 e. The van der Waals surface area contributed by atoms with Gasteiger partial charge >= 0.3 is 0 Å². The zero-order valence-corrected chi connectivity index (χ0v) is 18.3. The lowest BCUT2D eigenvalue weighted by Gasteiger charge is -2.49. The van der Waals surface area contributed by atoms with Crippen molar-refractivity contribution in [2.45, 2.75) is 39.5 Å². The molecule has 1 aromatic carbocycles. The molecular weight excluding hydrogens is 374 g/mol. The van der Waals surface area contributed by atoms with Gasteiger partial charge in [-0.15, -0.1) is 0 Å². The average molecular weight is 410 g/mol. The summed E-state index contributed by atoms with van der Waals surface area (Å²) in [6.07, 6.45) is 6.21. The number of aromatic nitrogens is 1. The molecule has 0 radical (unpaired) electrons. The number of hydrogen-bond acceptors (Lipinski definition) is 3. The Hall–Kier alpha value is -2.27. The fourth-order valence-corrected chi connectivity index (χ4v) is 5.11. The van der Waals surface area contributed by atoms with Crippen molar-refractivity contribution in [2.75, 3.05) is 32.8 Å². The predicted molar refractivity (Wildman–Crippen MR) is 120 cm³/mol. The van der Waals surface area contributed by atoms with Crippen LogP contribution in [-0.2, 0) is 6.42 Å². The first-order valence-corrected chi connectivity index (χ1v) is 11.4. The largest absolute Gasteiger partial charge is 0.493 e. The summed E-state index contributed by atoms with van der Waals surface area (Å²) in [6.45, 7) is 8.94. The van der Waals surface area contributed by atoms with E-state index in [4.69, 9.17) is 4.74 Å². The quantitative estimate of drug-likeness (QED) is 0.754. The molecule has 2 N–H and O–H groups in total. The number of rotatable bonds is 6. The van der Waals surface area contributed by atoms with Crippen LogP contribution in [0, 0.1) is 17.3 Å². The highest BCUT2D eigenvalue weighted by atomic mass is 16.5. The second kappa shape index (κ2) is 9.25. The van der Waals surface area contributed by atoms with E-state index in [0.717, 1.165) is 57.8 Å². The van der Waals surface area contributed by atoms with Gasteiger partial charge in [-0.3, -0.25) is 4.79 Å². The van der Waals surface area contributed by atoms with E-state index in [-0.39, 0.29) is 5.91 Å². The fraction of sp³-hybridized carbons (Fsp3) is 0.560. The van der Waals surface area contributed by atoms with Crippen LogP contribution < -0.4 is 10.1 Å². The molecule has 3 heterocycles. The van der Waals surface area contributed by atoms with E-state index < -0.39 is 0 Å². The zero-order chi connectivity index (χ0) is 21.0. The van der Waals surface area contributed by atoms with Crippen molar-refractivity contribution in [3.63, 3.8) is 0 Å². The molecule has 30 heavy (non-hydrogen) atoms. The first kappa shape index (κ1) is 21.0. The Morgan fingerprint density at radius 1 is 1.17 bits per heavy atom. The number of carbonyl (C=O) groups is 1. The van der Waals surface area contributed by atoms with E-state index >= 15 is 0 Å². The molecule has 1 aromatic heterocycles. The summed E-state index contributed by atoms with van der Waals surface area (Å²) in [5, 5.41) is 3.63. The minimum atomic E-state index is 0.132. The second-order valence-electron chi connectivity index (χ2n) is 9.41. The van der Waals surface area contributed by atoms with Gasteiger partial charge in [0.05, 0.1) is 6.61 Å². The van der Waals surface area contributed by atoms with E-state index in [0.29, 0.717) is 22.9 Å². The molecule has 5 nitrogen and oxygen atoms in total. The van der Waals surface area contributed by atoms with Crippen molar-refractivity contribution in [1.82, 2.24) is 15.2 Å². The van der Waals surface area contributed by atoms with Crippen LogP contribution in [0.1, 0.15) is 49.2 Å². The van der Waals surface area contributed by atoms with E-state index in [9.17, 15) is 4.79 Å². The number of likely N-dealkylation sites (tertiary alicyclic amines) is 1. The standard InChI is InChI=1S/C25H35N3O2/c1-19(2)18-30-23-8-4-3-6-20(23)16-21-17-26-13-9-25(21)10-14-28(15-11-25)24(29)22-7-5-12-27-22/h3-8,12,19,21,26-27H,9-11,13-18H2,1-2H3. The summed E-state index contributed by atoms with van der Waals surface area (Å²) >= 11 is 0. The van der Waals surface area contributed by atoms with Crippen LogP contribution in [0.3, 0.4) is 0 Å². The Balaban J connectivity index is 1.45. The molecule has 1 amide bonds. The predicted octanol–water partition coefficient (Wildman–Crippen LogP) is 4.12. The molecule has 2 aromatic rings. The number of amides is 1. The molecule has 1 spiro atoms. The van der Waals surface area contributed by atoms with Crippen LogP contribution in [0.25, 0.3) is 0 Å². The molecule has 0 saturated carbocycles. The molecule has 162 valence electrons. The van der Waals surface area contributed by atoms with Gasteiger partial charge < -0.3 is 19.9 Å². The first-order valence-electron chi connectivity index (χ1n) is 11.4. The number of aromatic amines is 1. The highest BCUT2D eigenvalue weighted by molar-refractivity contribution is 5.92. The summed E-state index contributed by atoms with van der Waals surface area (Å²) in [6, 6.07) is 12.3. The summed E-state index contributed by atoms with van der Waals surface area (Å²) in [5.41, 5.74) is 2.32.